The third-order valence-electron chi connectivity index (χ3n) is 5.04. The Labute approximate surface area is 212 Å². The van der Waals surface area contributed by atoms with Crippen molar-refractivity contribution in [2.24, 2.45) is 0 Å². The van der Waals surface area contributed by atoms with Gasteiger partial charge in [0.25, 0.3) is 16.0 Å². The van der Waals surface area contributed by atoms with Gasteiger partial charge in [0.15, 0.2) is 5.11 Å². The lowest BCUT2D eigenvalue weighted by molar-refractivity contribution is -0.114. The Hall–Kier alpha value is -3.44. The fraction of sp³-hybridized carbons (Fsp3) is 0.0833. The van der Waals surface area contributed by atoms with Gasteiger partial charge in [-0.15, -0.1) is 0 Å². The van der Waals surface area contributed by atoms with Crippen LogP contribution in [0, 0.1) is 0 Å². The van der Waals surface area contributed by atoms with E-state index >= 15 is 0 Å². The van der Waals surface area contributed by atoms with Gasteiger partial charge in [-0.2, -0.15) is 8.42 Å². The Morgan fingerprint density at radius 3 is 2.34 bits per heavy atom. The average Bonchev–Trinajstić information content (AvgIpc) is 2.83. The number of halogens is 1. The van der Waals surface area contributed by atoms with Crippen LogP contribution in [0.25, 0.3) is 6.08 Å². The minimum atomic E-state index is -4.56. The summed E-state index contributed by atoms with van der Waals surface area (Å²) in [6.45, 7) is 0. The highest BCUT2D eigenvalue weighted by molar-refractivity contribution is 7.86. The second-order valence-corrected chi connectivity index (χ2v) is 9.56. The summed E-state index contributed by atoms with van der Waals surface area (Å²) in [6.07, 6.45) is 1.42. The molecule has 8 nitrogen and oxygen atoms in total. The molecule has 180 valence electrons. The summed E-state index contributed by atoms with van der Waals surface area (Å²) in [5, 5.41) is 2.97. The third kappa shape index (κ3) is 5.46. The first-order chi connectivity index (χ1) is 16.7. The van der Waals surface area contributed by atoms with Crippen LogP contribution in [0.5, 0.6) is 17.2 Å². The molecule has 3 aromatic rings. The molecule has 1 fully saturated rings. The van der Waals surface area contributed by atoms with E-state index in [2.05, 4.69) is 5.32 Å². The topological polar surface area (TPSA) is 105 Å². The number of methoxy groups -OCH3 is 1. The second-order valence-electron chi connectivity index (χ2n) is 7.35. The number of anilines is 1. The molecule has 0 bridgehead atoms. The van der Waals surface area contributed by atoms with Crippen LogP contribution in [0.3, 0.4) is 0 Å². The highest BCUT2D eigenvalue weighted by atomic mass is 35.5. The van der Waals surface area contributed by atoms with E-state index in [1.807, 2.05) is 30.3 Å². The van der Waals surface area contributed by atoms with Gasteiger partial charge < -0.3 is 14.8 Å². The van der Waals surface area contributed by atoms with Gasteiger partial charge in [0, 0.05) is 0 Å². The van der Waals surface area contributed by atoms with Gasteiger partial charge >= 0.3 is 0 Å². The van der Waals surface area contributed by atoms with E-state index in [1.165, 1.54) is 36.3 Å². The minimum Gasteiger partial charge on any atom is -0.495 e. The van der Waals surface area contributed by atoms with Gasteiger partial charge in [-0.1, -0.05) is 35.9 Å². The molecule has 35 heavy (non-hydrogen) atoms. The van der Waals surface area contributed by atoms with E-state index in [1.54, 1.807) is 24.3 Å². The Balaban J connectivity index is 1.64. The van der Waals surface area contributed by atoms with E-state index in [0.29, 0.717) is 22.7 Å². The molecule has 1 atom stereocenters. The fourth-order valence-corrected chi connectivity index (χ4v) is 4.72. The zero-order valence-corrected chi connectivity index (χ0v) is 20.6. The molecule has 1 unspecified atom stereocenters. The quantitative estimate of drug-likeness (QED) is 0.157. The first-order valence-electron chi connectivity index (χ1n) is 10.2. The lowest BCUT2D eigenvalue weighted by Crippen LogP contribution is -2.54. The fourth-order valence-electron chi connectivity index (χ4n) is 3.40. The summed E-state index contributed by atoms with van der Waals surface area (Å²) in [4.78, 5) is 14.2. The van der Waals surface area contributed by atoms with Crippen molar-refractivity contribution >= 4 is 56.7 Å². The van der Waals surface area contributed by atoms with Gasteiger partial charge in [0.2, 0.25) is 0 Å². The molecule has 3 aromatic carbocycles. The molecule has 1 heterocycles. The van der Waals surface area contributed by atoms with Crippen molar-refractivity contribution in [2.75, 3.05) is 12.0 Å². The smallest absolute Gasteiger partial charge is 0.298 e. The number of benzene rings is 3. The molecule has 1 aliphatic heterocycles. The van der Waals surface area contributed by atoms with E-state index in [0.717, 1.165) is 0 Å². The second kappa shape index (κ2) is 10.0. The van der Waals surface area contributed by atoms with E-state index in [9.17, 15) is 17.8 Å². The summed E-state index contributed by atoms with van der Waals surface area (Å²) < 4.78 is 43.7. The summed E-state index contributed by atoms with van der Waals surface area (Å²) in [7, 11) is -3.28. The van der Waals surface area contributed by atoms with Crippen molar-refractivity contribution in [1.82, 2.24) is 5.32 Å². The van der Waals surface area contributed by atoms with Crippen LogP contribution >= 0.6 is 23.8 Å². The first-order valence-corrected chi connectivity index (χ1v) is 12.4. The number of carbonyl (C=O) groups excluding carboxylic acids is 1. The molecular formula is C24H19ClN2O6S2. The molecule has 11 heteroatoms. The number of carbonyl (C=O) groups is 1. The van der Waals surface area contributed by atoms with Crippen molar-refractivity contribution in [3.63, 3.8) is 0 Å². The number of thiocarbonyl (C=S) groups is 1. The largest absolute Gasteiger partial charge is 0.495 e. The number of alkyl halides is 1. The number of nitrogens with one attached hydrogen (secondary N) is 1. The predicted octanol–water partition coefficient (Wildman–Crippen LogP) is 4.60. The van der Waals surface area contributed by atoms with Gasteiger partial charge in [-0.3, -0.25) is 14.2 Å². The number of hydrogen-bond donors (Lipinski definition) is 2. The predicted molar refractivity (Wildman–Crippen MR) is 137 cm³/mol. The third-order valence-corrected chi connectivity index (χ3v) is 6.56. The zero-order chi connectivity index (χ0) is 25.2. The van der Waals surface area contributed by atoms with E-state index in [4.69, 9.17) is 33.3 Å². The minimum absolute atomic E-state index is 0.0363. The highest BCUT2D eigenvalue weighted by Gasteiger charge is 2.34. The average molecular weight is 531 g/mol. The molecule has 1 saturated heterocycles. The number of hydrogen-bond acceptors (Lipinski definition) is 6. The van der Waals surface area contributed by atoms with Gasteiger partial charge in [-0.25, -0.2) is 0 Å². The van der Waals surface area contributed by atoms with Crippen molar-refractivity contribution in [1.29, 1.82) is 0 Å². The van der Waals surface area contributed by atoms with Crippen LogP contribution in [0.4, 0.5) is 5.69 Å². The first kappa shape index (κ1) is 24.7. The molecule has 1 amide bonds. The maximum atomic E-state index is 13.4. The SMILES string of the molecule is COc1ccc(C=C2C(=O)N(c3ccc(Oc4ccccc4)cc3)C(=S)NC2Cl)cc1S(=O)(=O)O. The number of rotatable bonds is 6. The molecule has 4 rings (SSSR count). The summed E-state index contributed by atoms with van der Waals surface area (Å²) >= 11 is 11.7. The lowest BCUT2D eigenvalue weighted by atomic mass is 10.1. The number of nitrogens with zero attached hydrogens (tertiary/aromatic N) is 1. The molecule has 0 aliphatic carbocycles. The number of amides is 1. The van der Waals surface area contributed by atoms with Crippen LogP contribution in [0.2, 0.25) is 0 Å². The molecular weight excluding hydrogens is 512 g/mol. The van der Waals surface area contributed by atoms with Crippen LogP contribution in [-0.4, -0.2) is 36.6 Å². The molecule has 0 spiro atoms. The normalized spacial score (nSPS) is 17.3. The summed E-state index contributed by atoms with van der Waals surface area (Å²) in [6, 6.07) is 20.1. The van der Waals surface area contributed by atoms with Crippen LogP contribution < -0.4 is 19.7 Å². The standard InChI is InChI=1S/C24H19ClN2O6S2/c1-32-20-12-7-15(14-21(20)35(29,30)31)13-19-22(25)26-24(34)27(23(19)28)16-8-10-18(11-9-16)33-17-5-3-2-4-6-17/h2-14,22H,1H3,(H,26,34)(H,29,30,31). The van der Waals surface area contributed by atoms with Gasteiger partial charge in [0.05, 0.1) is 18.4 Å². The van der Waals surface area contributed by atoms with Crippen molar-refractivity contribution in [2.45, 2.75) is 10.4 Å². The monoisotopic (exact) mass is 530 g/mol. The maximum absolute atomic E-state index is 13.4. The van der Waals surface area contributed by atoms with Crippen molar-refractivity contribution < 1.29 is 27.2 Å². The Morgan fingerprint density at radius 2 is 1.71 bits per heavy atom. The Kier molecular flexibility index (Phi) is 7.08. The summed E-state index contributed by atoms with van der Waals surface area (Å²) in [5.41, 5.74) is -0.0381. The number of para-hydroxylation sites is 1. The number of ether oxygens (including phenoxy) is 2. The molecule has 2 N–H and O–H groups in total. The molecule has 0 radical (unpaired) electrons. The molecule has 0 aromatic heterocycles. The van der Waals surface area contributed by atoms with Crippen LogP contribution in [0.15, 0.2) is 83.3 Å². The lowest BCUT2D eigenvalue weighted by Gasteiger charge is -2.33. The Morgan fingerprint density at radius 1 is 1.06 bits per heavy atom. The van der Waals surface area contributed by atoms with E-state index in [-0.39, 0.29) is 16.4 Å². The van der Waals surface area contributed by atoms with Crippen molar-refractivity contribution in [3.05, 3.63) is 83.9 Å². The maximum Gasteiger partial charge on any atom is 0.298 e. The van der Waals surface area contributed by atoms with Gasteiger partial charge in [0.1, 0.15) is 27.6 Å². The van der Waals surface area contributed by atoms with Gasteiger partial charge in [-0.05, 0) is 72.4 Å². The van der Waals surface area contributed by atoms with Crippen LogP contribution in [0.1, 0.15) is 5.56 Å². The Bertz CT molecular complexity index is 1410. The highest BCUT2D eigenvalue weighted by Crippen LogP contribution is 2.30. The van der Waals surface area contributed by atoms with E-state index < -0.39 is 26.4 Å². The molecule has 0 saturated carbocycles. The zero-order valence-electron chi connectivity index (χ0n) is 18.2. The van der Waals surface area contributed by atoms with Crippen LogP contribution in [-0.2, 0) is 14.9 Å². The molecule has 1 aliphatic rings. The van der Waals surface area contributed by atoms with Crippen molar-refractivity contribution in [3.8, 4) is 17.2 Å². The summed E-state index contributed by atoms with van der Waals surface area (Å²) in [5.74, 6) is 0.719.